The van der Waals surface area contributed by atoms with E-state index in [2.05, 4.69) is 34.1 Å². The van der Waals surface area contributed by atoms with Gasteiger partial charge >= 0.3 is 0 Å². The maximum Gasteiger partial charge on any atom is 0.271 e. The molecule has 0 saturated carbocycles. The monoisotopic (exact) mass is 344 g/mol. The molecule has 0 aliphatic heterocycles. The van der Waals surface area contributed by atoms with E-state index in [1.165, 1.54) is 6.92 Å². The number of nitrogens with one attached hydrogen (secondary N) is 1. The number of carbonyl (C=O) groups is 1. The Morgan fingerprint density at radius 2 is 1.48 bits per heavy atom. The normalized spacial score (nSPS) is 10.0. The van der Waals surface area contributed by atoms with Gasteiger partial charge in [0.25, 0.3) is 5.01 Å². The average Bonchev–Trinajstić information content (AvgIpc) is 2.85. The van der Waals surface area contributed by atoms with Gasteiger partial charge in [-0.2, -0.15) is 4.57 Å². The first kappa shape index (κ1) is 17.2. The van der Waals surface area contributed by atoms with Gasteiger partial charge in [0.05, 0.1) is 5.56 Å². The van der Waals surface area contributed by atoms with Gasteiger partial charge in [0.2, 0.25) is 11.6 Å². The summed E-state index contributed by atoms with van der Waals surface area (Å²) in [6.45, 7) is 1.54. The molecular weight excluding hydrogens is 328 g/mol. The van der Waals surface area contributed by atoms with Crippen LogP contribution in [0.25, 0.3) is 21.8 Å². The number of nitrogens with zero attached hydrogens (tertiary/aromatic N) is 1. The molecule has 0 atom stereocenters. The first-order valence-corrected chi connectivity index (χ1v) is 7.89. The van der Waals surface area contributed by atoms with Gasteiger partial charge < -0.3 is 17.7 Å². The highest BCUT2D eigenvalue weighted by Crippen LogP contribution is 2.35. The van der Waals surface area contributed by atoms with Crippen LogP contribution < -0.4 is 22.3 Å². The van der Waals surface area contributed by atoms with E-state index in [0.717, 1.165) is 26.8 Å². The predicted octanol–water partition coefficient (Wildman–Crippen LogP) is 0.869. The van der Waals surface area contributed by atoms with E-state index in [4.69, 9.17) is 0 Å². The summed E-state index contributed by atoms with van der Waals surface area (Å²) in [5.74, 6) is -0.0568. The molecule has 0 unspecified atom stereocenters. The third-order valence-electron chi connectivity index (χ3n) is 3.41. The van der Waals surface area contributed by atoms with Gasteiger partial charge in [-0.25, -0.2) is 0 Å². The van der Waals surface area contributed by atoms with Crippen molar-refractivity contribution in [2.24, 2.45) is 7.05 Å². The van der Waals surface area contributed by atoms with Crippen molar-refractivity contribution in [3.63, 3.8) is 0 Å². The molecule has 0 bridgehead atoms. The predicted molar refractivity (Wildman–Crippen MR) is 90.7 cm³/mol. The number of hydrogen-bond acceptors (Lipinski definition) is 2. The molecule has 3 nitrogen and oxygen atoms in total. The lowest BCUT2D eigenvalue weighted by atomic mass is 10.1. The lowest BCUT2D eigenvalue weighted by Crippen LogP contribution is -3.00. The third kappa shape index (κ3) is 3.60. The minimum atomic E-state index is -0.0568. The number of hydrogen-bond donors (Lipinski definition) is 1. The highest BCUT2D eigenvalue weighted by atomic mass is 35.5. The molecule has 3 aromatic rings. The third-order valence-corrected chi connectivity index (χ3v) is 4.61. The van der Waals surface area contributed by atoms with Crippen molar-refractivity contribution in [2.75, 3.05) is 5.32 Å². The zero-order chi connectivity index (χ0) is 15.5. The van der Waals surface area contributed by atoms with E-state index in [0.29, 0.717) is 0 Å². The zero-order valence-corrected chi connectivity index (χ0v) is 14.5. The zero-order valence-electron chi connectivity index (χ0n) is 12.9. The fraction of sp³-hybridized carbons (Fsp3) is 0.111. The smallest absolute Gasteiger partial charge is 0.271 e. The minimum absolute atomic E-state index is 0. The molecule has 1 N–H and O–H groups in total. The largest absolute Gasteiger partial charge is 1.00 e. The van der Waals surface area contributed by atoms with Crippen molar-refractivity contribution in [2.45, 2.75) is 6.92 Å². The highest BCUT2D eigenvalue weighted by Gasteiger charge is 2.26. The summed E-state index contributed by atoms with van der Waals surface area (Å²) in [5.41, 5.74) is 3.26. The molecule has 0 saturated heterocycles. The Morgan fingerprint density at radius 1 is 0.957 bits per heavy atom. The van der Waals surface area contributed by atoms with E-state index in [9.17, 15) is 4.79 Å². The molecule has 2 aromatic carbocycles. The Kier molecular flexibility index (Phi) is 5.53. The number of thiazole rings is 1. The number of anilines is 1. The van der Waals surface area contributed by atoms with Crippen LogP contribution in [-0.4, -0.2) is 5.91 Å². The summed E-state index contributed by atoms with van der Waals surface area (Å²) in [5, 5.41) is 4.95. The Hall–Kier alpha value is -2.17. The molecule has 118 valence electrons. The minimum Gasteiger partial charge on any atom is -1.00 e. The van der Waals surface area contributed by atoms with Crippen molar-refractivity contribution >= 4 is 22.2 Å². The summed E-state index contributed by atoms with van der Waals surface area (Å²) < 4.78 is 2.14. The molecule has 3 rings (SSSR count). The molecule has 0 radical (unpaired) electrons. The number of rotatable bonds is 3. The van der Waals surface area contributed by atoms with E-state index in [1.54, 1.807) is 11.3 Å². The summed E-state index contributed by atoms with van der Waals surface area (Å²) in [4.78, 5) is 11.5. The van der Waals surface area contributed by atoms with Crippen LogP contribution in [0.5, 0.6) is 0 Å². The number of carbonyl (C=O) groups excluding carboxylic acids is 1. The van der Waals surface area contributed by atoms with Crippen molar-refractivity contribution < 1.29 is 21.8 Å². The average molecular weight is 345 g/mol. The van der Waals surface area contributed by atoms with Crippen LogP contribution in [0.15, 0.2) is 60.7 Å². The summed E-state index contributed by atoms with van der Waals surface area (Å²) in [7, 11) is 2.03. The molecule has 0 aliphatic rings. The first-order valence-electron chi connectivity index (χ1n) is 7.08. The molecular formula is C18H17ClN2OS. The van der Waals surface area contributed by atoms with Crippen LogP contribution in [0.3, 0.4) is 0 Å². The van der Waals surface area contributed by atoms with E-state index in [-0.39, 0.29) is 18.3 Å². The quantitative estimate of drug-likeness (QED) is 0.703. The molecule has 1 aromatic heterocycles. The molecule has 0 fully saturated rings. The van der Waals surface area contributed by atoms with Gasteiger partial charge in [-0.05, 0) is 35.6 Å². The second-order valence-corrected chi connectivity index (χ2v) is 6.06. The summed E-state index contributed by atoms with van der Waals surface area (Å²) in [6.07, 6.45) is 0. The van der Waals surface area contributed by atoms with Crippen LogP contribution in [0.1, 0.15) is 6.92 Å². The van der Waals surface area contributed by atoms with Crippen LogP contribution in [0, 0.1) is 0 Å². The van der Waals surface area contributed by atoms with Crippen LogP contribution in [0.2, 0.25) is 0 Å². The second-order valence-electron chi connectivity index (χ2n) is 5.06. The van der Waals surface area contributed by atoms with Gasteiger partial charge in [0, 0.05) is 12.5 Å². The van der Waals surface area contributed by atoms with Crippen molar-refractivity contribution in [3.05, 3.63) is 60.7 Å². The Balaban J connectivity index is 0.00000192. The lowest BCUT2D eigenvalue weighted by Gasteiger charge is -2.00. The standard InChI is InChI=1S/C18H16N2OS.ClH/c1-13(21)19-17-16(14-9-5-3-6-10-14)20(2)18(22-17)15-11-7-4-8-12-15;/h3-12H,1-2H3;1H. The number of amides is 1. The van der Waals surface area contributed by atoms with Crippen molar-refractivity contribution in [1.29, 1.82) is 0 Å². The van der Waals surface area contributed by atoms with Gasteiger partial charge in [-0.1, -0.05) is 36.4 Å². The summed E-state index contributed by atoms with van der Waals surface area (Å²) in [6, 6.07) is 20.3. The molecule has 5 heteroatoms. The molecule has 1 amide bonds. The number of aromatic nitrogens is 1. The van der Waals surface area contributed by atoms with Crippen molar-refractivity contribution in [1.82, 2.24) is 0 Å². The Bertz CT molecular complexity index is 801. The number of halogens is 1. The van der Waals surface area contributed by atoms with Crippen LogP contribution in [0.4, 0.5) is 5.00 Å². The maximum atomic E-state index is 11.5. The van der Waals surface area contributed by atoms with Crippen molar-refractivity contribution in [3.8, 4) is 21.8 Å². The molecule has 1 heterocycles. The topological polar surface area (TPSA) is 33.0 Å². The molecule has 23 heavy (non-hydrogen) atoms. The Labute approximate surface area is 146 Å². The van der Waals surface area contributed by atoms with Gasteiger partial charge in [-0.15, -0.1) is 0 Å². The van der Waals surface area contributed by atoms with Gasteiger partial charge in [0.15, 0.2) is 5.00 Å². The molecule has 0 aliphatic carbocycles. The number of benzene rings is 2. The first-order chi connectivity index (χ1) is 10.7. The Morgan fingerprint density at radius 3 is 2.00 bits per heavy atom. The van der Waals surface area contributed by atoms with Gasteiger partial charge in [0.1, 0.15) is 7.05 Å². The maximum absolute atomic E-state index is 11.5. The van der Waals surface area contributed by atoms with E-state index < -0.39 is 0 Å². The van der Waals surface area contributed by atoms with E-state index >= 15 is 0 Å². The van der Waals surface area contributed by atoms with Crippen LogP contribution >= 0.6 is 11.3 Å². The highest BCUT2D eigenvalue weighted by molar-refractivity contribution is 7.19. The second kappa shape index (κ2) is 7.40. The van der Waals surface area contributed by atoms with Gasteiger partial charge in [-0.3, -0.25) is 4.79 Å². The van der Waals surface area contributed by atoms with Crippen LogP contribution in [-0.2, 0) is 11.8 Å². The SMILES string of the molecule is CC(=O)Nc1sc(-c2ccccc2)[n+](C)c1-c1ccccc1.[Cl-]. The lowest BCUT2D eigenvalue weighted by molar-refractivity contribution is -0.644. The van der Waals surface area contributed by atoms with E-state index in [1.807, 2.05) is 43.4 Å². The fourth-order valence-corrected chi connectivity index (χ4v) is 3.69. The molecule has 0 spiro atoms. The fourth-order valence-electron chi connectivity index (χ4n) is 2.47. The summed E-state index contributed by atoms with van der Waals surface area (Å²) >= 11 is 1.59.